The fourth-order valence-corrected chi connectivity index (χ4v) is 4.21. The predicted molar refractivity (Wildman–Crippen MR) is 96.9 cm³/mol. The average Bonchev–Trinajstić information content (AvgIpc) is 3.29. The Balaban J connectivity index is 1.44. The minimum Gasteiger partial charge on any atom is -0.353 e. The smallest absolute Gasteiger partial charge is 0.353 e. The van der Waals surface area contributed by atoms with Gasteiger partial charge >= 0.3 is 6.18 Å². The highest BCUT2D eigenvalue weighted by Crippen LogP contribution is 2.36. The van der Waals surface area contributed by atoms with E-state index in [0.29, 0.717) is 44.8 Å². The number of tetrazole rings is 1. The molecule has 2 fully saturated rings. The molecular formula is C18H22F3N7O. The Morgan fingerprint density at radius 1 is 1.03 bits per heavy atom. The zero-order valence-electron chi connectivity index (χ0n) is 15.8. The van der Waals surface area contributed by atoms with Crippen LogP contribution in [0.2, 0.25) is 0 Å². The molecule has 0 atom stereocenters. The fourth-order valence-electron chi connectivity index (χ4n) is 4.21. The Kier molecular flexibility index (Phi) is 5.13. The minimum absolute atomic E-state index is 0.0181. The third-order valence-electron chi connectivity index (χ3n) is 5.83. The van der Waals surface area contributed by atoms with Gasteiger partial charge < -0.3 is 9.80 Å². The maximum atomic E-state index is 13.4. The van der Waals surface area contributed by atoms with Gasteiger partial charge in [-0.2, -0.15) is 13.2 Å². The third kappa shape index (κ3) is 3.77. The molecule has 0 unspecified atom stereocenters. The Morgan fingerprint density at radius 2 is 1.76 bits per heavy atom. The monoisotopic (exact) mass is 409 g/mol. The highest BCUT2D eigenvalue weighted by Gasteiger charge is 2.45. The molecule has 0 radical (unpaired) electrons. The summed E-state index contributed by atoms with van der Waals surface area (Å²) in [6, 6.07) is 2.42. The number of halogens is 3. The summed E-state index contributed by atoms with van der Waals surface area (Å²) in [6.45, 7) is 1.97. The molecule has 0 aromatic carbocycles. The minimum atomic E-state index is -4.40. The van der Waals surface area contributed by atoms with Gasteiger partial charge in [0, 0.05) is 32.4 Å². The Hall–Kier alpha value is -2.72. The van der Waals surface area contributed by atoms with Crippen LogP contribution < -0.4 is 4.90 Å². The van der Waals surface area contributed by atoms with E-state index in [-0.39, 0.29) is 5.91 Å². The van der Waals surface area contributed by atoms with Crippen LogP contribution in [-0.4, -0.2) is 62.2 Å². The molecule has 1 amide bonds. The van der Waals surface area contributed by atoms with Crippen LogP contribution in [0.1, 0.15) is 37.7 Å². The molecule has 29 heavy (non-hydrogen) atoms. The SMILES string of the molecule is O=C(N1CCN(c2ccc(C(F)(F)F)cn2)CC1)C1(n2cnnn2)CCCCC1. The van der Waals surface area contributed by atoms with E-state index in [1.807, 2.05) is 9.80 Å². The number of anilines is 1. The molecule has 2 aromatic heterocycles. The standard InChI is InChI=1S/C18H22F3N7O/c19-18(20,21)14-4-5-15(22-12-14)26-8-10-27(11-9-26)16(29)17(6-2-1-3-7-17)28-13-23-24-25-28/h4-5,12-13H,1-3,6-11H2. The molecule has 156 valence electrons. The van der Waals surface area contributed by atoms with Crippen LogP contribution in [0.25, 0.3) is 0 Å². The topological polar surface area (TPSA) is 80.0 Å². The second kappa shape index (κ2) is 7.60. The highest BCUT2D eigenvalue weighted by atomic mass is 19.4. The summed E-state index contributed by atoms with van der Waals surface area (Å²) in [7, 11) is 0. The van der Waals surface area contributed by atoms with Crippen molar-refractivity contribution in [2.24, 2.45) is 0 Å². The molecule has 4 rings (SSSR count). The second-order valence-electron chi connectivity index (χ2n) is 7.53. The first-order valence-corrected chi connectivity index (χ1v) is 9.71. The quantitative estimate of drug-likeness (QED) is 0.773. The van der Waals surface area contributed by atoms with E-state index in [1.165, 1.54) is 12.4 Å². The van der Waals surface area contributed by atoms with Crippen molar-refractivity contribution in [3.05, 3.63) is 30.2 Å². The lowest BCUT2D eigenvalue weighted by molar-refractivity contribution is -0.144. The number of aromatic nitrogens is 5. The number of amides is 1. The van der Waals surface area contributed by atoms with Gasteiger partial charge in [-0.25, -0.2) is 9.67 Å². The van der Waals surface area contributed by atoms with Gasteiger partial charge in [-0.3, -0.25) is 4.79 Å². The van der Waals surface area contributed by atoms with Crippen LogP contribution >= 0.6 is 0 Å². The maximum Gasteiger partial charge on any atom is 0.417 e. The van der Waals surface area contributed by atoms with Crippen LogP contribution in [0, 0.1) is 0 Å². The van der Waals surface area contributed by atoms with Crippen LogP contribution in [-0.2, 0) is 16.5 Å². The number of rotatable bonds is 3. The van der Waals surface area contributed by atoms with Gasteiger partial charge in [0.15, 0.2) is 0 Å². The lowest BCUT2D eigenvalue weighted by atomic mass is 9.80. The van der Waals surface area contributed by atoms with Crippen molar-refractivity contribution in [3.63, 3.8) is 0 Å². The molecule has 8 nitrogen and oxygen atoms in total. The summed E-state index contributed by atoms with van der Waals surface area (Å²) in [6.07, 6.45) is 2.34. The van der Waals surface area contributed by atoms with Gasteiger partial charge in [-0.1, -0.05) is 19.3 Å². The summed E-state index contributed by atoms with van der Waals surface area (Å²) in [5, 5.41) is 11.4. The van der Waals surface area contributed by atoms with E-state index in [2.05, 4.69) is 20.5 Å². The summed E-state index contributed by atoms with van der Waals surface area (Å²) in [5.74, 6) is 0.502. The predicted octanol–water partition coefficient (Wildman–Crippen LogP) is 2.10. The molecule has 2 aliphatic rings. The molecule has 2 aromatic rings. The zero-order valence-corrected chi connectivity index (χ0v) is 15.8. The van der Waals surface area contributed by atoms with Crippen molar-refractivity contribution in [3.8, 4) is 0 Å². The van der Waals surface area contributed by atoms with Gasteiger partial charge in [0.25, 0.3) is 5.91 Å². The first-order chi connectivity index (χ1) is 13.9. The number of piperazine rings is 1. The van der Waals surface area contributed by atoms with Crippen LogP contribution in [0.15, 0.2) is 24.7 Å². The van der Waals surface area contributed by atoms with E-state index in [1.54, 1.807) is 4.68 Å². The van der Waals surface area contributed by atoms with Crippen molar-refractivity contribution in [1.82, 2.24) is 30.1 Å². The summed E-state index contributed by atoms with van der Waals surface area (Å²) < 4.78 is 39.7. The van der Waals surface area contributed by atoms with Crippen molar-refractivity contribution < 1.29 is 18.0 Å². The summed E-state index contributed by atoms with van der Waals surface area (Å²) in [4.78, 5) is 21.1. The molecule has 1 aliphatic carbocycles. The van der Waals surface area contributed by atoms with Gasteiger partial charge in [0.2, 0.25) is 0 Å². The molecule has 1 aliphatic heterocycles. The van der Waals surface area contributed by atoms with Gasteiger partial charge in [0.1, 0.15) is 17.7 Å². The molecule has 0 bridgehead atoms. The number of hydrogen-bond donors (Lipinski definition) is 0. The number of hydrogen-bond acceptors (Lipinski definition) is 6. The van der Waals surface area contributed by atoms with E-state index in [4.69, 9.17) is 0 Å². The van der Waals surface area contributed by atoms with Crippen molar-refractivity contribution >= 4 is 11.7 Å². The number of carbonyl (C=O) groups is 1. The molecule has 3 heterocycles. The first-order valence-electron chi connectivity index (χ1n) is 9.71. The molecular weight excluding hydrogens is 387 g/mol. The second-order valence-corrected chi connectivity index (χ2v) is 7.53. The molecule has 11 heteroatoms. The first kappa shape index (κ1) is 19.6. The molecule has 1 saturated carbocycles. The lowest BCUT2D eigenvalue weighted by Gasteiger charge is -2.42. The molecule has 1 saturated heterocycles. The number of nitrogens with zero attached hydrogens (tertiary/aromatic N) is 7. The van der Waals surface area contributed by atoms with Gasteiger partial charge in [0.05, 0.1) is 5.56 Å². The van der Waals surface area contributed by atoms with Crippen molar-refractivity contribution in [2.45, 2.75) is 43.8 Å². The normalized spacial score (nSPS) is 20.0. The Morgan fingerprint density at radius 3 is 2.31 bits per heavy atom. The molecule has 0 spiro atoms. The largest absolute Gasteiger partial charge is 0.417 e. The number of pyridine rings is 1. The van der Waals surface area contributed by atoms with Gasteiger partial charge in [-0.05, 0) is 35.4 Å². The highest BCUT2D eigenvalue weighted by molar-refractivity contribution is 5.84. The Bertz CT molecular complexity index is 824. The van der Waals surface area contributed by atoms with Crippen molar-refractivity contribution in [1.29, 1.82) is 0 Å². The zero-order chi connectivity index (χ0) is 20.5. The average molecular weight is 409 g/mol. The third-order valence-corrected chi connectivity index (χ3v) is 5.83. The van der Waals surface area contributed by atoms with Crippen LogP contribution in [0.4, 0.5) is 19.0 Å². The van der Waals surface area contributed by atoms with Crippen LogP contribution in [0.3, 0.4) is 0 Å². The van der Waals surface area contributed by atoms with Crippen molar-refractivity contribution in [2.75, 3.05) is 31.1 Å². The lowest BCUT2D eigenvalue weighted by Crippen LogP contribution is -2.57. The van der Waals surface area contributed by atoms with E-state index >= 15 is 0 Å². The Labute approximate surface area is 165 Å². The van der Waals surface area contributed by atoms with Gasteiger partial charge in [-0.15, -0.1) is 5.10 Å². The van der Waals surface area contributed by atoms with E-state index in [9.17, 15) is 18.0 Å². The number of carbonyl (C=O) groups excluding carboxylic acids is 1. The van der Waals surface area contributed by atoms with E-state index < -0.39 is 17.3 Å². The fraction of sp³-hybridized carbons (Fsp3) is 0.611. The molecule has 0 N–H and O–H groups in total. The summed E-state index contributed by atoms with van der Waals surface area (Å²) in [5.41, 5.74) is -1.51. The van der Waals surface area contributed by atoms with E-state index in [0.717, 1.165) is 31.5 Å². The number of alkyl halides is 3. The maximum absolute atomic E-state index is 13.4. The summed E-state index contributed by atoms with van der Waals surface area (Å²) >= 11 is 0. The van der Waals surface area contributed by atoms with Crippen LogP contribution in [0.5, 0.6) is 0 Å².